The maximum Gasteiger partial charge on any atom is 0.306 e. The highest BCUT2D eigenvalue weighted by Gasteiger charge is 2.19. The minimum atomic E-state index is -0.780. The molecule has 6 nitrogen and oxygen atoms in total. The van der Waals surface area contributed by atoms with E-state index in [1.165, 1.54) is 231 Å². The van der Waals surface area contributed by atoms with Crippen LogP contribution in [0.3, 0.4) is 0 Å². The summed E-state index contributed by atoms with van der Waals surface area (Å²) in [6.45, 7) is 6.53. The van der Waals surface area contributed by atoms with Crippen LogP contribution in [0.2, 0.25) is 0 Å². The van der Waals surface area contributed by atoms with Crippen molar-refractivity contribution in [2.45, 2.75) is 374 Å². The van der Waals surface area contributed by atoms with E-state index in [9.17, 15) is 14.4 Å². The number of unbranched alkanes of at least 4 members (excludes halogenated alkanes) is 41. The van der Waals surface area contributed by atoms with E-state index in [0.717, 1.165) is 96.3 Å². The lowest BCUT2D eigenvalue weighted by molar-refractivity contribution is -0.167. The van der Waals surface area contributed by atoms with Gasteiger partial charge in [-0.3, -0.25) is 14.4 Å². The Morgan fingerprint density at radius 2 is 0.482 bits per heavy atom. The standard InChI is InChI=1S/C77H136O6/c1-4-7-10-13-16-19-22-24-26-28-30-32-34-36-37-38-39-41-42-44-46-48-50-52-55-58-61-64-67-70-76(79)82-73-74(72-81-75(78)69-66-63-60-57-54-21-18-15-12-9-6-3)83-77(80)71-68-65-62-59-56-53-51-49-47-45-43-40-35-33-31-29-27-25-23-20-17-14-11-8-5-2/h7,10,15-16,18-19,24,26,29-32,36-37,74H,4-6,8-9,11-14,17,20-23,25,27-28,33-35,38-73H2,1-3H3/b10-7-,18-15-,19-16-,26-24-,31-29-,32-30-,37-36-. The molecule has 480 valence electrons. The van der Waals surface area contributed by atoms with Gasteiger partial charge in [0, 0.05) is 19.3 Å². The monoisotopic (exact) mass is 1160 g/mol. The number of esters is 3. The molecule has 0 heterocycles. The maximum absolute atomic E-state index is 13.0. The van der Waals surface area contributed by atoms with Gasteiger partial charge < -0.3 is 14.2 Å². The summed E-state index contributed by atoms with van der Waals surface area (Å²) in [5, 5.41) is 0. The summed E-state index contributed by atoms with van der Waals surface area (Å²) < 4.78 is 17.0. The van der Waals surface area contributed by atoms with E-state index in [-0.39, 0.29) is 31.1 Å². The van der Waals surface area contributed by atoms with Crippen molar-refractivity contribution >= 4 is 17.9 Å². The molecule has 0 N–H and O–H groups in total. The molecular formula is C77H136O6. The number of rotatable bonds is 66. The van der Waals surface area contributed by atoms with E-state index in [4.69, 9.17) is 14.2 Å². The molecule has 0 rings (SSSR count). The smallest absolute Gasteiger partial charge is 0.306 e. The van der Waals surface area contributed by atoms with Gasteiger partial charge in [0.2, 0.25) is 0 Å². The second-order valence-corrected chi connectivity index (χ2v) is 24.1. The van der Waals surface area contributed by atoms with Crippen LogP contribution in [0.5, 0.6) is 0 Å². The van der Waals surface area contributed by atoms with Crippen LogP contribution in [-0.2, 0) is 28.6 Å². The zero-order chi connectivity index (χ0) is 59.9. The Hall–Kier alpha value is -3.41. The van der Waals surface area contributed by atoms with Gasteiger partial charge in [-0.2, -0.15) is 0 Å². The number of carbonyl (C=O) groups is 3. The van der Waals surface area contributed by atoms with Gasteiger partial charge in [-0.25, -0.2) is 0 Å². The molecule has 0 aromatic heterocycles. The van der Waals surface area contributed by atoms with Crippen LogP contribution < -0.4 is 0 Å². The second kappa shape index (κ2) is 71.1. The number of ether oxygens (including phenoxy) is 3. The topological polar surface area (TPSA) is 78.9 Å². The first-order chi connectivity index (χ1) is 41.0. The van der Waals surface area contributed by atoms with Crippen molar-refractivity contribution in [2.75, 3.05) is 13.2 Å². The lowest BCUT2D eigenvalue weighted by Gasteiger charge is -2.18. The van der Waals surface area contributed by atoms with Crippen LogP contribution in [0.15, 0.2) is 85.1 Å². The van der Waals surface area contributed by atoms with Crippen molar-refractivity contribution in [3.05, 3.63) is 85.1 Å². The molecular weight excluding hydrogens is 1020 g/mol. The van der Waals surface area contributed by atoms with Gasteiger partial charge in [0.1, 0.15) is 13.2 Å². The van der Waals surface area contributed by atoms with Gasteiger partial charge in [-0.05, 0) is 109 Å². The molecule has 0 saturated carbocycles. The van der Waals surface area contributed by atoms with Gasteiger partial charge in [-0.1, -0.05) is 324 Å². The van der Waals surface area contributed by atoms with Gasteiger partial charge >= 0.3 is 17.9 Å². The fraction of sp³-hybridized carbons (Fsp3) is 0.779. The largest absolute Gasteiger partial charge is 0.462 e. The molecule has 0 radical (unpaired) electrons. The lowest BCUT2D eigenvalue weighted by atomic mass is 10.0. The van der Waals surface area contributed by atoms with E-state index in [0.29, 0.717) is 19.3 Å². The average molecular weight is 1160 g/mol. The predicted molar refractivity (Wildman–Crippen MR) is 362 cm³/mol. The third-order valence-corrected chi connectivity index (χ3v) is 15.9. The van der Waals surface area contributed by atoms with Crippen molar-refractivity contribution in [3.63, 3.8) is 0 Å². The molecule has 1 atom stereocenters. The van der Waals surface area contributed by atoms with Crippen LogP contribution in [0, 0.1) is 0 Å². The SMILES string of the molecule is CC/C=C\C/C=C\C/C=C\C/C=C\C/C=C\CCCCCCCCCCCCCCCC(=O)OCC(COC(=O)CCCCCCC/C=C\CCCC)OC(=O)CCCCCCCCCCCCCCC/C=C\CCCCCCCCCC. The highest BCUT2D eigenvalue weighted by molar-refractivity contribution is 5.71. The molecule has 0 bridgehead atoms. The highest BCUT2D eigenvalue weighted by atomic mass is 16.6. The Morgan fingerprint density at radius 1 is 0.253 bits per heavy atom. The first-order valence-corrected chi connectivity index (χ1v) is 36.1. The van der Waals surface area contributed by atoms with Crippen molar-refractivity contribution in [1.82, 2.24) is 0 Å². The fourth-order valence-electron chi connectivity index (χ4n) is 10.4. The van der Waals surface area contributed by atoms with Gasteiger partial charge in [-0.15, -0.1) is 0 Å². The normalized spacial score (nSPS) is 12.6. The van der Waals surface area contributed by atoms with Crippen molar-refractivity contribution in [1.29, 1.82) is 0 Å². The Bertz CT molecular complexity index is 1570. The number of hydrogen-bond donors (Lipinski definition) is 0. The third-order valence-electron chi connectivity index (χ3n) is 15.9. The maximum atomic E-state index is 13.0. The molecule has 0 spiro atoms. The summed E-state index contributed by atoms with van der Waals surface area (Å²) >= 11 is 0. The van der Waals surface area contributed by atoms with Crippen LogP contribution in [0.4, 0.5) is 0 Å². The van der Waals surface area contributed by atoms with Crippen molar-refractivity contribution in [2.24, 2.45) is 0 Å². The fourth-order valence-corrected chi connectivity index (χ4v) is 10.4. The molecule has 0 saturated heterocycles. The number of allylic oxidation sites excluding steroid dienone is 14. The van der Waals surface area contributed by atoms with Crippen LogP contribution in [0.1, 0.15) is 367 Å². The molecule has 0 aromatic rings. The number of hydrogen-bond acceptors (Lipinski definition) is 6. The van der Waals surface area contributed by atoms with E-state index in [2.05, 4.69) is 106 Å². The average Bonchev–Trinajstić information content (AvgIpc) is 3.48. The Kier molecular flexibility index (Phi) is 68.2. The second-order valence-electron chi connectivity index (χ2n) is 24.1. The molecule has 0 aliphatic heterocycles. The van der Waals surface area contributed by atoms with E-state index < -0.39 is 6.10 Å². The predicted octanol–water partition coefficient (Wildman–Crippen LogP) is 25.0. The number of carbonyl (C=O) groups excluding carboxylic acids is 3. The van der Waals surface area contributed by atoms with Gasteiger partial charge in [0.15, 0.2) is 6.10 Å². The molecule has 6 heteroatoms. The van der Waals surface area contributed by atoms with Crippen LogP contribution >= 0.6 is 0 Å². The van der Waals surface area contributed by atoms with E-state index in [1.54, 1.807) is 0 Å². The van der Waals surface area contributed by atoms with E-state index in [1.807, 2.05) is 0 Å². The third kappa shape index (κ3) is 69.3. The van der Waals surface area contributed by atoms with Crippen molar-refractivity contribution in [3.8, 4) is 0 Å². The Morgan fingerprint density at radius 3 is 0.783 bits per heavy atom. The van der Waals surface area contributed by atoms with Gasteiger partial charge in [0.05, 0.1) is 0 Å². The summed E-state index contributed by atoms with van der Waals surface area (Å²) in [5.74, 6) is -0.869. The zero-order valence-electron chi connectivity index (χ0n) is 55.2. The summed E-state index contributed by atoms with van der Waals surface area (Å²) in [5.41, 5.74) is 0. The molecule has 0 fully saturated rings. The van der Waals surface area contributed by atoms with E-state index >= 15 is 0 Å². The van der Waals surface area contributed by atoms with Gasteiger partial charge in [0.25, 0.3) is 0 Å². The quantitative estimate of drug-likeness (QED) is 0.0261. The summed E-state index contributed by atoms with van der Waals surface area (Å²) in [7, 11) is 0. The molecule has 0 amide bonds. The van der Waals surface area contributed by atoms with Crippen molar-refractivity contribution < 1.29 is 28.6 Å². The van der Waals surface area contributed by atoms with Crippen LogP contribution in [-0.4, -0.2) is 37.2 Å². The first kappa shape index (κ1) is 79.6. The molecule has 0 aliphatic carbocycles. The summed E-state index contributed by atoms with van der Waals surface area (Å²) in [4.78, 5) is 38.4. The minimum absolute atomic E-state index is 0.0765. The minimum Gasteiger partial charge on any atom is -0.462 e. The lowest BCUT2D eigenvalue weighted by Crippen LogP contribution is -2.30. The van der Waals surface area contributed by atoms with Crippen LogP contribution in [0.25, 0.3) is 0 Å². The summed E-state index contributed by atoms with van der Waals surface area (Å²) in [6.07, 6.45) is 94.8. The Balaban J connectivity index is 4.19. The molecule has 0 aromatic carbocycles. The zero-order valence-corrected chi connectivity index (χ0v) is 55.2. The molecule has 83 heavy (non-hydrogen) atoms. The molecule has 1 unspecified atom stereocenters. The molecule has 0 aliphatic rings. The Labute approximate surface area is 515 Å². The highest BCUT2D eigenvalue weighted by Crippen LogP contribution is 2.18. The first-order valence-electron chi connectivity index (χ1n) is 36.1. The summed E-state index contributed by atoms with van der Waals surface area (Å²) in [6, 6.07) is 0.